The summed E-state index contributed by atoms with van der Waals surface area (Å²) in [4.78, 5) is 12.9. The van der Waals surface area contributed by atoms with Crippen LogP contribution in [0, 0.1) is 0 Å². The highest BCUT2D eigenvalue weighted by Gasteiger charge is 2.06. The van der Waals surface area contributed by atoms with E-state index in [1.807, 2.05) is 24.3 Å². The number of hydrogen-bond donors (Lipinski definition) is 1. The van der Waals surface area contributed by atoms with Gasteiger partial charge in [0.15, 0.2) is 0 Å². The van der Waals surface area contributed by atoms with Crippen LogP contribution in [0.3, 0.4) is 0 Å². The lowest BCUT2D eigenvalue weighted by molar-refractivity contribution is 0.0951. The molecule has 1 N–H and O–H groups in total. The molecule has 1 amide bonds. The van der Waals surface area contributed by atoms with Crippen LogP contribution in [-0.2, 0) is 6.54 Å². The molecule has 0 radical (unpaired) electrons. The number of benzene rings is 1. The first-order valence-corrected chi connectivity index (χ1v) is 6.92. The normalized spacial score (nSPS) is 10.2. The summed E-state index contributed by atoms with van der Waals surface area (Å²) in [5.41, 5.74) is 0.641. The molecular weight excluding hydrogens is 322 g/mol. The van der Waals surface area contributed by atoms with Gasteiger partial charge in [-0.25, -0.2) is 0 Å². The number of carbonyl (C=O) groups excluding carboxylic acids is 1. The van der Waals surface area contributed by atoms with E-state index in [2.05, 4.69) is 21.2 Å². The molecule has 1 aromatic heterocycles. The monoisotopic (exact) mass is 329 g/mol. The van der Waals surface area contributed by atoms with Crippen molar-refractivity contribution in [2.24, 2.45) is 0 Å². The molecule has 0 saturated carbocycles. The summed E-state index contributed by atoms with van der Waals surface area (Å²) in [5.74, 6) is -0.0872. The van der Waals surface area contributed by atoms with Crippen LogP contribution < -0.4 is 5.32 Å². The second kappa shape index (κ2) is 5.67. The lowest BCUT2D eigenvalue weighted by Crippen LogP contribution is -2.22. The largest absolute Gasteiger partial charge is 0.347 e. The van der Waals surface area contributed by atoms with Gasteiger partial charge in [-0.15, -0.1) is 11.3 Å². The zero-order valence-electron chi connectivity index (χ0n) is 8.74. The van der Waals surface area contributed by atoms with Crippen LogP contribution in [0.15, 0.2) is 40.9 Å². The predicted octanol–water partition coefficient (Wildman–Crippen LogP) is 4.09. The minimum Gasteiger partial charge on any atom is -0.347 e. The Morgan fingerprint density at radius 3 is 2.82 bits per heavy atom. The summed E-state index contributed by atoms with van der Waals surface area (Å²) in [5, 5.41) is 2.85. The first kappa shape index (κ1) is 12.6. The molecule has 2 aromatic rings. The van der Waals surface area contributed by atoms with Crippen LogP contribution in [0.4, 0.5) is 0 Å². The molecule has 0 aliphatic carbocycles. The second-order valence-corrected chi connectivity index (χ2v) is 6.11. The molecule has 0 aliphatic heterocycles. The zero-order valence-corrected chi connectivity index (χ0v) is 11.9. The molecule has 0 bridgehead atoms. The van der Waals surface area contributed by atoms with Crippen molar-refractivity contribution in [3.63, 3.8) is 0 Å². The molecule has 1 heterocycles. The smallest absolute Gasteiger partial charge is 0.251 e. The number of hydrogen-bond acceptors (Lipinski definition) is 2. The lowest BCUT2D eigenvalue weighted by atomic mass is 10.2. The summed E-state index contributed by atoms with van der Waals surface area (Å²) in [6.07, 6.45) is 0. The van der Waals surface area contributed by atoms with E-state index in [0.717, 1.165) is 13.7 Å². The number of thiophene rings is 1. The second-order valence-electron chi connectivity index (χ2n) is 3.40. The van der Waals surface area contributed by atoms with Crippen LogP contribution in [0.5, 0.6) is 0 Å². The van der Waals surface area contributed by atoms with E-state index in [0.29, 0.717) is 12.1 Å². The van der Waals surface area contributed by atoms with E-state index in [1.165, 1.54) is 11.3 Å². The van der Waals surface area contributed by atoms with E-state index < -0.39 is 0 Å². The van der Waals surface area contributed by atoms with Crippen molar-refractivity contribution in [1.29, 1.82) is 0 Å². The molecule has 2 nitrogen and oxygen atoms in total. The maximum atomic E-state index is 11.8. The number of carbonyl (C=O) groups is 1. The maximum Gasteiger partial charge on any atom is 0.251 e. The Morgan fingerprint density at radius 1 is 1.35 bits per heavy atom. The third kappa shape index (κ3) is 3.56. The van der Waals surface area contributed by atoms with Gasteiger partial charge in [-0.1, -0.05) is 33.6 Å². The summed E-state index contributed by atoms with van der Waals surface area (Å²) >= 11 is 10.6. The van der Waals surface area contributed by atoms with E-state index in [-0.39, 0.29) is 5.91 Å². The summed E-state index contributed by atoms with van der Waals surface area (Å²) in [6, 6.07) is 11.0. The van der Waals surface area contributed by atoms with Crippen LogP contribution in [0.25, 0.3) is 0 Å². The molecule has 17 heavy (non-hydrogen) atoms. The van der Waals surface area contributed by atoms with E-state index in [4.69, 9.17) is 11.6 Å². The van der Waals surface area contributed by atoms with Gasteiger partial charge in [0.2, 0.25) is 0 Å². The molecule has 2 rings (SSSR count). The highest BCUT2D eigenvalue weighted by atomic mass is 79.9. The van der Waals surface area contributed by atoms with Gasteiger partial charge in [-0.2, -0.15) is 0 Å². The highest BCUT2D eigenvalue weighted by Crippen LogP contribution is 2.21. The van der Waals surface area contributed by atoms with Gasteiger partial charge >= 0.3 is 0 Å². The van der Waals surface area contributed by atoms with E-state index in [9.17, 15) is 4.79 Å². The molecule has 0 fully saturated rings. The Bertz CT molecular complexity index is 541. The van der Waals surface area contributed by atoms with Crippen molar-refractivity contribution >= 4 is 44.8 Å². The molecule has 0 atom stereocenters. The molecule has 0 saturated heterocycles. The average molecular weight is 331 g/mol. The third-order valence-corrected chi connectivity index (χ3v) is 3.86. The zero-order chi connectivity index (χ0) is 12.3. The summed E-state index contributed by atoms with van der Waals surface area (Å²) < 4.78 is 1.63. The number of rotatable bonds is 3. The van der Waals surface area contributed by atoms with Crippen LogP contribution in [-0.4, -0.2) is 5.91 Å². The van der Waals surface area contributed by atoms with Crippen LogP contribution in [0.1, 0.15) is 15.2 Å². The van der Waals surface area contributed by atoms with Crippen molar-refractivity contribution in [1.82, 2.24) is 5.32 Å². The summed E-state index contributed by atoms with van der Waals surface area (Å²) in [6.45, 7) is 0.503. The standard InChI is InChI=1S/C12H9BrClNOS/c13-9-3-1-2-8(6-9)12(16)15-7-10-4-5-11(14)17-10/h1-6H,7H2,(H,15,16). The Labute approximate surface area is 117 Å². The van der Waals surface area contributed by atoms with Crippen LogP contribution >= 0.6 is 38.9 Å². The van der Waals surface area contributed by atoms with E-state index in [1.54, 1.807) is 12.1 Å². The molecule has 1 aromatic carbocycles. The van der Waals surface area contributed by atoms with E-state index >= 15 is 0 Å². The average Bonchev–Trinajstić information content (AvgIpc) is 2.72. The summed E-state index contributed by atoms with van der Waals surface area (Å²) in [7, 11) is 0. The van der Waals surface area contributed by atoms with Crippen LogP contribution in [0.2, 0.25) is 4.34 Å². The Kier molecular flexibility index (Phi) is 4.20. The number of amides is 1. The quantitative estimate of drug-likeness (QED) is 0.902. The number of halogens is 2. The lowest BCUT2D eigenvalue weighted by Gasteiger charge is -2.03. The van der Waals surface area contributed by atoms with Crippen molar-refractivity contribution in [2.45, 2.75) is 6.54 Å². The molecule has 0 unspecified atom stereocenters. The van der Waals surface area contributed by atoms with Crippen molar-refractivity contribution in [3.05, 3.63) is 55.6 Å². The topological polar surface area (TPSA) is 29.1 Å². The molecule has 88 valence electrons. The SMILES string of the molecule is O=C(NCc1ccc(Cl)s1)c1cccc(Br)c1. The highest BCUT2D eigenvalue weighted by molar-refractivity contribution is 9.10. The van der Waals surface area contributed by atoms with Gasteiger partial charge in [0.1, 0.15) is 0 Å². The molecular formula is C12H9BrClNOS. The Morgan fingerprint density at radius 2 is 2.18 bits per heavy atom. The van der Waals surface area contributed by atoms with Crippen molar-refractivity contribution in [3.8, 4) is 0 Å². The molecule has 5 heteroatoms. The molecule has 0 spiro atoms. The fourth-order valence-corrected chi connectivity index (χ4v) is 2.77. The van der Waals surface area contributed by atoms with Gasteiger partial charge in [0.25, 0.3) is 5.91 Å². The minimum absolute atomic E-state index is 0.0872. The fraction of sp³-hybridized carbons (Fsp3) is 0.0833. The Hall–Kier alpha value is -0.840. The first-order chi connectivity index (χ1) is 8.15. The number of nitrogens with one attached hydrogen (secondary N) is 1. The van der Waals surface area contributed by atoms with Gasteiger partial charge in [-0.05, 0) is 30.3 Å². The first-order valence-electron chi connectivity index (χ1n) is 4.93. The minimum atomic E-state index is -0.0872. The van der Waals surface area contributed by atoms with Gasteiger partial charge in [-0.3, -0.25) is 4.79 Å². The van der Waals surface area contributed by atoms with Crippen molar-refractivity contribution < 1.29 is 4.79 Å². The van der Waals surface area contributed by atoms with Gasteiger partial charge in [0, 0.05) is 14.9 Å². The van der Waals surface area contributed by atoms with Crippen molar-refractivity contribution in [2.75, 3.05) is 0 Å². The third-order valence-electron chi connectivity index (χ3n) is 2.14. The maximum absolute atomic E-state index is 11.8. The van der Waals surface area contributed by atoms with Gasteiger partial charge in [0.05, 0.1) is 10.9 Å². The van der Waals surface area contributed by atoms with Gasteiger partial charge < -0.3 is 5.32 Å². The fourth-order valence-electron chi connectivity index (χ4n) is 1.35. The molecule has 0 aliphatic rings. The Balaban J connectivity index is 1.98. The predicted molar refractivity (Wildman–Crippen MR) is 74.6 cm³/mol.